The van der Waals surface area contributed by atoms with Crippen molar-refractivity contribution in [1.82, 2.24) is 9.55 Å². The van der Waals surface area contributed by atoms with Gasteiger partial charge in [0.15, 0.2) is 11.6 Å². The predicted octanol–water partition coefficient (Wildman–Crippen LogP) is 3.56. The summed E-state index contributed by atoms with van der Waals surface area (Å²) in [7, 11) is 1.43. The molecule has 0 aliphatic carbocycles. The zero-order chi connectivity index (χ0) is 14.1. The zero-order valence-electron chi connectivity index (χ0n) is 10.8. The van der Waals surface area contributed by atoms with Gasteiger partial charge in [-0.05, 0) is 12.1 Å². The van der Waals surface area contributed by atoms with Crippen LogP contribution < -0.4 is 4.74 Å². The lowest BCUT2D eigenvalue weighted by atomic mass is 10.2. The van der Waals surface area contributed by atoms with Gasteiger partial charge in [-0.2, -0.15) is 0 Å². The van der Waals surface area contributed by atoms with Gasteiger partial charge in [-0.25, -0.2) is 9.37 Å². The van der Waals surface area contributed by atoms with Crippen molar-refractivity contribution in [3.05, 3.63) is 47.9 Å². The Morgan fingerprint density at radius 3 is 2.95 bits per heavy atom. The van der Waals surface area contributed by atoms with Crippen LogP contribution in [0.15, 0.2) is 34.9 Å². The summed E-state index contributed by atoms with van der Waals surface area (Å²) in [4.78, 5) is 4.34. The molecule has 0 atom stereocenters. The number of benzene rings is 1. The minimum absolute atomic E-state index is 0.180. The Bertz CT molecular complexity index is 737. The molecular formula is C14H12ClFN2O2. The molecule has 2 heterocycles. The number of nitrogens with zero attached hydrogens (tertiary/aromatic N) is 2. The van der Waals surface area contributed by atoms with Gasteiger partial charge in [0.1, 0.15) is 11.6 Å². The molecule has 0 radical (unpaired) electrons. The number of halogens is 2. The van der Waals surface area contributed by atoms with E-state index in [0.29, 0.717) is 17.9 Å². The van der Waals surface area contributed by atoms with Crippen LogP contribution in [0.25, 0.3) is 11.0 Å². The fourth-order valence-electron chi connectivity index (χ4n) is 2.17. The Labute approximate surface area is 119 Å². The number of aromatic nitrogens is 2. The fraction of sp³-hybridized carbons (Fsp3) is 0.214. The molecule has 0 aliphatic heterocycles. The molecule has 104 valence electrons. The van der Waals surface area contributed by atoms with E-state index in [2.05, 4.69) is 4.98 Å². The first-order valence-electron chi connectivity index (χ1n) is 6.04. The van der Waals surface area contributed by atoms with Crippen LogP contribution in [0.5, 0.6) is 5.75 Å². The van der Waals surface area contributed by atoms with Crippen LogP contribution >= 0.6 is 11.6 Å². The molecule has 4 nitrogen and oxygen atoms in total. The number of imidazole rings is 1. The van der Waals surface area contributed by atoms with E-state index >= 15 is 0 Å². The summed E-state index contributed by atoms with van der Waals surface area (Å²) in [6, 6.07) is 6.65. The van der Waals surface area contributed by atoms with Gasteiger partial charge in [0, 0.05) is 12.1 Å². The number of alkyl halides is 1. The van der Waals surface area contributed by atoms with Gasteiger partial charge >= 0.3 is 0 Å². The van der Waals surface area contributed by atoms with E-state index in [4.69, 9.17) is 20.8 Å². The maximum absolute atomic E-state index is 13.7. The van der Waals surface area contributed by atoms with E-state index in [1.54, 1.807) is 12.3 Å². The largest absolute Gasteiger partial charge is 0.494 e. The minimum Gasteiger partial charge on any atom is -0.494 e. The molecule has 0 unspecified atom stereocenters. The number of methoxy groups -OCH3 is 1. The van der Waals surface area contributed by atoms with E-state index in [-0.39, 0.29) is 11.6 Å². The Balaban J connectivity index is 2.17. The molecule has 0 N–H and O–H groups in total. The quantitative estimate of drug-likeness (QED) is 0.691. The van der Waals surface area contributed by atoms with Gasteiger partial charge in [-0.15, -0.1) is 11.6 Å². The van der Waals surface area contributed by atoms with Crippen molar-refractivity contribution in [1.29, 1.82) is 0 Å². The molecule has 0 saturated heterocycles. The first-order valence-corrected chi connectivity index (χ1v) is 6.57. The summed E-state index contributed by atoms with van der Waals surface area (Å²) in [6.07, 6.45) is 1.61. The number of hydrogen-bond acceptors (Lipinski definition) is 3. The van der Waals surface area contributed by atoms with Crippen molar-refractivity contribution in [2.45, 2.75) is 12.4 Å². The average molecular weight is 295 g/mol. The third kappa shape index (κ3) is 2.14. The maximum atomic E-state index is 13.7. The highest BCUT2D eigenvalue weighted by atomic mass is 35.5. The smallest absolute Gasteiger partial charge is 0.167 e. The van der Waals surface area contributed by atoms with Crippen molar-refractivity contribution < 1.29 is 13.5 Å². The Morgan fingerprint density at radius 1 is 1.45 bits per heavy atom. The van der Waals surface area contributed by atoms with Crippen molar-refractivity contribution >= 4 is 22.6 Å². The predicted molar refractivity (Wildman–Crippen MR) is 73.6 cm³/mol. The third-order valence-corrected chi connectivity index (χ3v) is 3.35. The van der Waals surface area contributed by atoms with Crippen LogP contribution in [0.2, 0.25) is 0 Å². The first kappa shape index (κ1) is 13.0. The normalized spacial score (nSPS) is 11.2. The summed E-state index contributed by atoms with van der Waals surface area (Å²) >= 11 is 5.92. The molecule has 6 heteroatoms. The number of ether oxygens (including phenoxy) is 1. The second-order valence-electron chi connectivity index (χ2n) is 4.30. The molecule has 0 bridgehead atoms. The monoisotopic (exact) mass is 294 g/mol. The second-order valence-corrected chi connectivity index (χ2v) is 4.57. The van der Waals surface area contributed by atoms with Crippen LogP contribution in [-0.2, 0) is 12.4 Å². The molecule has 0 amide bonds. The highest BCUT2D eigenvalue weighted by Crippen LogP contribution is 2.26. The molecule has 20 heavy (non-hydrogen) atoms. The molecule has 0 spiro atoms. The van der Waals surface area contributed by atoms with Gasteiger partial charge in [-0.3, -0.25) is 0 Å². The minimum atomic E-state index is -0.441. The van der Waals surface area contributed by atoms with Crippen LogP contribution in [0.4, 0.5) is 4.39 Å². The third-order valence-electron chi connectivity index (χ3n) is 3.11. The lowest BCUT2D eigenvalue weighted by Crippen LogP contribution is -2.03. The molecule has 0 saturated carbocycles. The molecule has 1 aromatic carbocycles. The molecule has 0 aliphatic rings. The van der Waals surface area contributed by atoms with E-state index in [1.165, 1.54) is 13.2 Å². The van der Waals surface area contributed by atoms with Gasteiger partial charge in [-0.1, -0.05) is 0 Å². The average Bonchev–Trinajstić information content (AvgIpc) is 3.06. The van der Waals surface area contributed by atoms with Crippen molar-refractivity contribution in [3.63, 3.8) is 0 Å². The summed E-state index contributed by atoms with van der Waals surface area (Å²) in [6.45, 7) is 0.486. The van der Waals surface area contributed by atoms with E-state index < -0.39 is 5.82 Å². The van der Waals surface area contributed by atoms with Gasteiger partial charge in [0.05, 0.1) is 36.8 Å². The molecule has 0 fully saturated rings. The number of fused-ring (bicyclic) bond motifs is 1. The lowest BCUT2D eigenvalue weighted by Gasteiger charge is -2.07. The van der Waals surface area contributed by atoms with Crippen LogP contribution in [-0.4, -0.2) is 16.7 Å². The van der Waals surface area contributed by atoms with Crippen LogP contribution in [0.3, 0.4) is 0 Å². The molecular weight excluding hydrogens is 283 g/mol. The van der Waals surface area contributed by atoms with Crippen LogP contribution in [0, 0.1) is 5.82 Å². The zero-order valence-corrected chi connectivity index (χ0v) is 11.5. The number of furan rings is 1. The Morgan fingerprint density at radius 2 is 2.30 bits per heavy atom. The number of hydrogen-bond donors (Lipinski definition) is 0. The maximum Gasteiger partial charge on any atom is 0.167 e. The van der Waals surface area contributed by atoms with Crippen molar-refractivity contribution in [3.8, 4) is 5.75 Å². The standard InChI is InChI=1S/C14H12ClFN2O2/c1-19-13-6-12-11(5-10(13)16)17-14(7-15)18(12)8-9-3-2-4-20-9/h2-6H,7-8H2,1H3. The van der Waals surface area contributed by atoms with Crippen molar-refractivity contribution in [2.75, 3.05) is 7.11 Å². The van der Waals surface area contributed by atoms with Crippen molar-refractivity contribution in [2.24, 2.45) is 0 Å². The van der Waals surface area contributed by atoms with Gasteiger partial charge in [0.2, 0.25) is 0 Å². The number of rotatable bonds is 4. The van der Waals surface area contributed by atoms with E-state index in [0.717, 1.165) is 11.3 Å². The Kier molecular flexibility index (Phi) is 3.36. The first-order chi connectivity index (χ1) is 9.72. The molecule has 3 aromatic rings. The topological polar surface area (TPSA) is 40.2 Å². The second kappa shape index (κ2) is 5.17. The van der Waals surface area contributed by atoms with Gasteiger partial charge in [0.25, 0.3) is 0 Å². The molecule has 3 rings (SSSR count). The van der Waals surface area contributed by atoms with E-state index in [1.807, 2.05) is 16.7 Å². The van der Waals surface area contributed by atoms with Crippen LogP contribution in [0.1, 0.15) is 11.6 Å². The summed E-state index contributed by atoms with van der Waals surface area (Å²) in [5.41, 5.74) is 1.31. The fourth-order valence-corrected chi connectivity index (χ4v) is 2.37. The molecule has 2 aromatic heterocycles. The van der Waals surface area contributed by atoms with Gasteiger partial charge < -0.3 is 13.7 Å². The Hall–Kier alpha value is -2.01. The summed E-state index contributed by atoms with van der Waals surface area (Å²) < 4.78 is 26.0. The highest BCUT2D eigenvalue weighted by molar-refractivity contribution is 6.16. The summed E-state index contributed by atoms with van der Waals surface area (Å²) in [5.74, 6) is 1.41. The lowest BCUT2D eigenvalue weighted by molar-refractivity contribution is 0.387. The highest BCUT2D eigenvalue weighted by Gasteiger charge is 2.15. The summed E-state index contributed by atoms with van der Waals surface area (Å²) in [5, 5.41) is 0. The SMILES string of the molecule is COc1cc2c(cc1F)nc(CCl)n2Cc1ccco1. The van der Waals surface area contributed by atoms with E-state index in [9.17, 15) is 4.39 Å².